The number of ether oxygens (including phenoxy) is 1. The van der Waals surface area contributed by atoms with Crippen molar-refractivity contribution in [2.45, 2.75) is 18.6 Å². The molecule has 18 heavy (non-hydrogen) atoms. The number of benzene rings is 1. The van der Waals surface area contributed by atoms with E-state index in [1.54, 1.807) is 11.3 Å². The van der Waals surface area contributed by atoms with Crippen LogP contribution >= 0.6 is 27.3 Å². The highest BCUT2D eigenvalue weighted by Gasteiger charge is 2.30. The summed E-state index contributed by atoms with van der Waals surface area (Å²) in [5.41, 5.74) is 2.39. The number of fused-ring (bicyclic) bond motifs is 1. The molecule has 4 heteroatoms. The van der Waals surface area contributed by atoms with Crippen LogP contribution in [-0.2, 0) is 11.2 Å². The number of hydrogen-bond donors (Lipinski definition) is 1. The van der Waals surface area contributed by atoms with Crippen molar-refractivity contribution in [1.82, 2.24) is 0 Å². The standard InChI is InChI=1S/C14H13BrO2S/c15-11-6-8-18-14(11)12(16)13-10-4-2-1-3-9(10)5-7-17-13/h1-4,6,8,12-13,16H,5,7H2. The van der Waals surface area contributed by atoms with Crippen molar-refractivity contribution in [1.29, 1.82) is 0 Å². The summed E-state index contributed by atoms with van der Waals surface area (Å²) in [6.45, 7) is 0.668. The van der Waals surface area contributed by atoms with Gasteiger partial charge in [-0.05, 0) is 44.9 Å². The van der Waals surface area contributed by atoms with Gasteiger partial charge in [0.25, 0.3) is 0 Å². The summed E-state index contributed by atoms with van der Waals surface area (Å²) in [5, 5.41) is 12.5. The first-order valence-corrected chi connectivity index (χ1v) is 7.55. The summed E-state index contributed by atoms with van der Waals surface area (Å²) in [7, 11) is 0. The van der Waals surface area contributed by atoms with Crippen LogP contribution in [0, 0.1) is 0 Å². The average Bonchev–Trinajstić information content (AvgIpc) is 2.83. The predicted octanol–water partition coefficient (Wildman–Crippen LogP) is 3.86. The van der Waals surface area contributed by atoms with Crippen LogP contribution in [-0.4, -0.2) is 11.7 Å². The van der Waals surface area contributed by atoms with Crippen molar-refractivity contribution in [3.63, 3.8) is 0 Å². The lowest BCUT2D eigenvalue weighted by Gasteiger charge is -2.29. The van der Waals surface area contributed by atoms with Gasteiger partial charge in [-0.2, -0.15) is 0 Å². The minimum atomic E-state index is -0.610. The Morgan fingerprint density at radius 2 is 2.17 bits per heavy atom. The third-order valence-corrected chi connectivity index (χ3v) is 5.17. The van der Waals surface area contributed by atoms with Crippen LogP contribution < -0.4 is 0 Å². The van der Waals surface area contributed by atoms with E-state index in [-0.39, 0.29) is 6.10 Å². The maximum Gasteiger partial charge on any atom is 0.120 e. The van der Waals surface area contributed by atoms with Gasteiger partial charge >= 0.3 is 0 Å². The molecule has 2 nitrogen and oxygen atoms in total. The van der Waals surface area contributed by atoms with Gasteiger partial charge in [-0.25, -0.2) is 0 Å². The molecule has 1 aliphatic heterocycles. The van der Waals surface area contributed by atoms with Crippen LogP contribution in [0.5, 0.6) is 0 Å². The van der Waals surface area contributed by atoms with E-state index in [1.165, 1.54) is 5.56 Å². The number of aliphatic hydroxyl groups excluding tert-OH is 1. The molecule has 0 amide bonds. The van der Waals surface area contributed by atoms with Crippen molar-refractivity contribution in [3.8, 4) is 0 Å². The largest absolute Gasteiger partial charge is 0.384 e. The van der Waals surface area contributed by atoms with Gasteiger partial charge in [-0.3, -0.25) is 0 Å². The Bertz CT molecular complexity index is 552. The lowest BCUT2D eigenvalue weighted by atomic mass is 9.94. The quantitative estimate of drug-likeness (QED) is 0.909. The topological polar surface area (TPSA) is 29.5 Å². The van der Waals surface area contributed by atoms with Gasteiger partial charge in [0.1, 0.15) is 12.2 Å². The molecule has 0 spiro atoms. The molecule has 0 saturated carbocycles. The third-order valence-electron chi connectivity index (χ3n) is 3.23. The molecular weight excluding hydrogens is 312 g/mol. The Hall–Kier alpha value is -0.680. The van der Waals surface area contributed by atoms with Crippen molar-refractivity contribution < 1.29 is 9.84 Å². The zero-order chi connectivity index (χ0) is 12.5. The molecule has 3 rings (SSSR count). The molecule has 0 bridgehead atoms. The Morgan fingerprint density at radius 3 is 2.94 bits per heavy atom. The lowest BCUT2D eigenvalue weighted by Crippen LogP contribution is -2.21. The van der Waals surface area contributed by atoms with Gasteiger partial charge in [0.05, 0.1) is 11.5 Å². The summed E-state index contributed by atoms with van der Waals surface area (Å²) in [4.78, 5) is 0.928. The molecule has 1 aromatic heterocycles. The van der Waals surface area contributed by atoms with Crippen molar-refractivity contribution >= 4 is 27.3 Å². The molecule has 1 N–H and O–H groups in total. The molecular formula is C14H13BrO2S. The predicted molar refractivity (Wildman–Crippen MR) is 75.8 cm³/mol. The first kappa shape index (κ1) is 12.4. The molecule has 0 radical (unpaired) electrons. The second kappa shape index (κ2) is 5.13. The van der Waals surface area contributed by atoms with Crippen molar-refractivity contribution in [2.24, 2.45) is 0 Å². The van der Waals surface area contributed by atoms with Gasteiger partial charge in [-0.1, -0.05) is 24.3 Å². The monoisotopic (exact) mass is 324 g/mol. The summed E-state index contributed by atoms with van der Waals surface area (Å²) in [5.74, 6) is 0. The van der Waals surface area contributed by atoms with Crippen LogP contribution in [0.3, 0.4) is 0 Å². The van der Waals surface area contributed by atoms with E-state index in [4.69, 9.17) is 4.74 Å². The van der Waals surface area contributed by atoms with Crippen LogP contribution in [0.1, 0.15) is 28.2 Å². The third kappa shape index (κ3) is 2.14. The fourth-order valence-electron chi connectivity index (χ4n) is 2.34. The van der Waals surface area contributed by atoms with Gasteiger partial charge < -0.3 is 9.84 Å². The molecule has 2 aromatic rings. The maximum absolute atomic E-state index is 10.5. The molecule has 1 aliphatic rings. The minimum absolute atomic E-state index is 0.259. The Balaban J connectivity index is 1.97. The van der Waals surface area contributed by atoms with Gasteiger partial charge in [-0.15, -0.1) is 11.3 Å². The number of halogens is 1. The van der Waals surface area contributed by atoms with Crippen molar-refractivity contribution in [2.75, 3.05) is 6.61 Å². The zero-order valence-electron chi connectivity index (χ0n) is 9.67. The lowest BCUT2D eigenvalue weighted by molar-refractivity contribution is -0.0470. The summed E-state index contributed by atoms with van der Waals surface area (Å²) in [6, 6.07) is 10.1. The van der Waals surface area contributed by atoms with E-state index in [0.29, 0.717) is 6.61 Å². The van der Waals surface area contributed by atoms with Gasteiger partial charge in [0.15, 0.2) is 0 Å². The molecule has 2 heterocycles. The first-order valence-electron chi connectivity index (χ1n) is 5.87. The van der Waals surface area contributed by atoms with Crippen molar-refractivity contribution in [3.05, 3.63) is 56.2 Å². The van der Waals surface area contributed by atoms with E-state index in [0.717, 1.165) is 21.3 Å². The fraction of sp³-hybridized carbons (Fsp3) is 0.286. The average molecular weight is 325 g/mol. The second-order valence-electron chi connectivity index (χ2n) is 4.32. The highest BCUT2D eigenvalue weighted by molar-refractivity contribution is 9.10. The molecule has 0 aliphatic carbocycles. The molecule has 0 fully saturated rings. The zero-order valence-corrected chi connectivity index (χ0v) is 12.1. The SMILES string of the molecule is OC(c1sccc1Br)C1OCCc2ccccc21. The van der Waals surface area contributed by atoms with Crippen LogP contribution in [0.25, 0.3) is 0 Å². The first-order chi connectivity index (χ1) is 8.77. The summed E-state index contributed by atoms with van der Waals surface area (Å²) >= 11 is 5.02. The van der Waals surface area contributed by atoms with E-state index in [1.807, 2.05) is 29.6 Å². The minimum Gasteiger partial charge on any atom is -0.384 e. The Labute approximate surface area is 118 Å². The molecule has 2 atom stereocenters. The molecule has 94 valence electrons. The maximum atomic E-state index is 10.5. The van der Waals surface area contributed by atoms with E-state index in [2.05, 4.69) is 22.0 Å². The molecule has 2 unspecified atom stereocenters. The highest BCUT2D eigenvalue weighted by atomic mass is 79.9. The number of aliphatic hydroxyl groups is 1. The van der Waals surface area contributed by atoms with E-state index in [9.17, 15) is 5.11 Å². The van der Waals surface area contributed by atoms with Gasteiger partial charge in [0, 0.05) is 4.47 Å². The number of thiophene rings is 1. The van der Waals surface area contributed by atoms with Crippen LogP contribution in [0.2, 0.25) is 0 Å². The highest BCUT2D eigenvalue weighted by Crippen LogP contribution is 2.41. The Kier molecular flexibility index (Phi) is 3.52. The normalized spacial score (nSPS) is 20.4. The van der Waals surface area contributed by atoms with Crippen LogP contribution in [0.4, 0.5) is 0 Å². The number of hydrogen-bond acceptors (Lipinski definition) is 3. The molecule has 0 saturated heterocycles. The fourth-order valence-corrected chi connectivity index (χ4v) is 3.96. The summed E-state index contributed by atoms with van der Waals surface area (Å²) < 4.78 is 6.73. The summed E-state index contributed by atoms with van der Waals surface area (Å²) in [6.07, 6.45) is 0.0519. The molecule has 1 aromatic carbocycles. The van der Waals surface area contributed by atoms with E-state index >= 15 is 0 Å². The van der Waals surface area contributed by atoms with E-state index < -0.39 is 6.10 Å². The van der Waals surface area contributed by atoms with Gasteiger partial charge in [0.2, 0.25) is 0 Å². The Morgan fingerprint density at radius 1 is 1.33 bits per heavy atom. The number of rotatable bonds is 2. The second-order valence-corrected chi connectivity index (χ2v) is 6.12. The smallest absolute Gasteiger partial charge is 0.120 e. The van der Waals surface area contributed by atoms with Crippen LogP contribution in [0.15, 0.2) is 40.2 Å².